The number of rotatable bonds is 3. The average molecular weight is 263 g/mol. The van der Waals surface area contributed by atoms with Gasteiger partial charge in [0.1, 0.15) is 4.88 Å². The van der Waals surface area contributed by atoms with Crippen LogP contribution in [-0.4, -0.2) is 35.1 Å². The summed E-state index contributed by atoms with van der Waals surface area (Å²) in [6, 6.07) is 0. The quantitative estimate of drug-likeness (QED) is 0.841. The minimum absolute atomic E-state index is 0. The van der Waals surface area contributed by atoms with Gasteiger partial charge in [-0.15, -0.1) is 17.5 Å². The Morgan fingerprint density at radius 2 is 2.56 bits per heavy atom. The molecule has 1 aliphatic heterocycles. The van der Waals surface area contributed by atoms with Gasteiger partial charge in [-0.25, -0.2) is 0 Å². The first-order valence-corrected chi connectivity index (χ1v) is 5.90. The highest BCUT2D eigenvalue weighted by molar-refractivity contribution is 7.07. The lowest BCUT2D eigenvalue weighted by Crippen LogP contribution is -2.37. The maximum Gasteiger partial charge on any atom is 0.264 e. The molecule has 1 unspecified atom stereocenters. The third-order valence-electron chi connectivity index (χ3n) is 2.54. The second-order valence-corrected chi connectivity index (χ2v) is 4.49. The molecule has 1 atom stereocenters. The van der Waals surface area contributed by atoms with E-state index in [2.05, 4.69) is 20.2 Å². The monoisotopic (exact) mass is 262 g/mol. The molecule has 16 heavy (non-hydrogen) atoms. The number of halogens is 1. The van der Waals surface area contributed by atoms with Crippen LogP contribution in [0.3, 0.4) is 0 Å². The van der Waals surface area contributed by atoms with Gasteiger partial charge >= 0.3 is 0 Å². The molecule has 1 saturated heterocycles. The first-order valence-electron chi connectivity index (χ1n) is 5.12. The van der Waals surface area contributed by atoms with Crippen LogP contribution in [0.25, 0.3) is 0 Å². The molecular weight excluding hydrogens is 248 g/mol. The van der Waals surface area contributed by atoms with Crippen LogP contribution in [0.2, 0.25) is 0 Å². The maximum atomic E-state index is 11.5. The molecule has 7 heteroatoms. The van der Waals surface area contributed by atoms with E-state index < -0.39 is 0 Å². The molecule has 1 aromatic rings. The lowest BCUT2D eigenvalue weighted by Gasteiger charge is -2.22. The Bertz CT molecular complexity index is 313. The van der Waals surface area contributed by atoms with E-state index in [0.717, 1.165) is 31.2 Å². The predicted octanol–water partition coefficient (Wildman–Crippen LogP) is 0.689. The van der Waals surface area contributed by atoms with Crippen LogP contribution in [0.4, 0.5) is 0 Å². The zero-order valence-electron chi connectivity index (χ0n) is 8.81. The van der Waals surface area contributed by atoms with Crippen LogP contribution < -0.4 is 10.6 Å². The second kappa shape index (κ2) is 6.78. The van der Waals surface area contributed by atoms with Crippen LogP contribution in [0.1, 0.15) is 22.5 Å². The van der Waals surface area contributed by atoms with Gasteiger partial charge in [0.15, 0.2) is 0 Å². The molecule has 5 nitrogen and oxygen atoms in total. The van der Waals surface area contributed by atoms with E-state index in [0.29, 0.717) is 10.8 Å². The van der Waals surface area contributed by atoms with Crippen molar-refractivity contribution in [2.45, 2.75) is 12.8 Å². The topological polar surface area (TPSA) is 66.9 Å². The molecule has 0 bridgehead atoms. The molecule has 0 radical (unpaired) electrons. The standard InChI is InChI=1S/C9H14N4OS.ClH/c14-9(8-6-12-13-15-8)11-5-7-2-1-3-10-4-7;/h6-7,10H,1-5H2,(H,11,14);1H. The van der Waals surface area contributed by atoms with E-state index in [4.69, 9.17) is 0 Å². The zero-order chi connectivity index (χ0) is 10.5. The van der Waals surface area contributed by atoms with Crippen molar-refractivity contribution in [2.24, 2.45) is 5.92 Å². The predicted molar refractivity (Wildman–Crippen MR) is 65.1 cm³/mol. The molecule has 1 aromatic heterocycles. The summed E-state index contributed by atoms with van der Waals surface area (Å²) in [5, 5.41) is 9.86. The van der Waals surface area contributed by atoms with E-state index in [1.165, 1.54) is 19.0 Å². The van der Waals surface area contributed by atoms with Crippen molar-refractivity contribution in [3.8, 4) is 0 Å². The van der Waals surface area contributed by atoms with Gasteiger partial charge in [-0.2, -0.15) is 0 Å². The number of amides is 1. The van der Waals surface area contributed by atoms with Crippen LogP contribution in [0.5, 0.6) is 0 Å². The van der Waals surface area contributed by atoms with E-state index in [1.807, 2.05) is 0 Å². The normalized spacial score (nSPS) is 19.9. The molecule has 90 valence electrons. The summed E-state index contributed by atoms with van der Waals surface area (Å²) < 4.78 is 3.66. The Kier molecular flexibility index (Phi) is 5.65. The molecule has 0 aromatic carbocycles. The molecule has 1 aliphatic rings. The van der Waals surface area contributed by atoms with Crippen LogP contribution >= 0.6 is 23.9 Å². The molecule has 2 N–H and O–H groups in total. The Hall–Kier alpha value is -0.720. The summed E-state index contributed by atoms with van der Waals surface area (Å²) in [5.41, 5.74) is 0. The van der Waals surface area contributed by atoms with Crippen molar-refractivity contribution >= 4 is 29.8 Å². The van der Waals surface area contributed by atoms with Crippen molar-refractivity contribution in [1.82, 2.24) is 20.2 Å². The minimum atomic E-state index is -0.0597. The van der Waals surface area contributed by atoms with Gasteiger partial charge in [-0.1, -0.05) is 4.49 Å². The van der Waals surface area contributed by atoms with Crippen LogP contribution in [-0.2, 0) is 0 Å². The number of aromatic nitrogens is 2. The largest absolute Gasteiger partial charge is 0.351 e. The van der Waals surface area contributed by atoms with Crippen molar-refractivity contribution in [3.63, 3.8) is 0 Å². The first kappa shape index (κ1) is 13.3. The highest BCUT2D eigenvalue weighted by Gasteiger charge is 2.15. The van der Waals surface area contributed by atoms with E-state index >= 15 is 0 Å². The van der Waals surface area contributed by atoms with Crippen molar-refractivity contribution in [3.05, 3.63) is 11.1 Å². The molecule has 1 amide bonds. The fourth-order valence-electron chi connectivity index (χ4n) is 1.69. The number of piperidine rings is 1. The summed E-state index contributed by atoms with van der Waals surface area (Å²) in [6.45, 7) is 2.84. The van der Waals surface area contributed by atoms with Crippen molar-refractivity contribution in [1.29, 1.82) is 0 Å². The number of nitrogens with zero attached hydrogens (tertiary/aromatic N) is 2. The molecule has 0 aliphatic carbocycles. The molecule has 1 fully saturated rings. The third kappa shape index (κ3) is 3.70. The van der Waals surface area contributed by atoms with Gasteiger partial charge < -0.3 is 10.6 Å². The van der Waals surface area contributed by atoms with Crippen LogP contribution in [0.15, 0.2) is 6.20 Å². The number of carbonyl (C=O) groups is 1. The van der Waals surface area contributed by atoms with Crippen molar-refractivity contribution in [2.75, 3.05) is 19.6 Å². The zero-order valence-corrected chi connectivity index (χ0v) is 10.4. The molecular formula is C9H15ClN4OS. The number of carbonyl (C=O) groups excluding carboxylic acids is 1. The summed E-state index contributed by atoms with van der Waals surface area (Å²) in [4.78, 5) is 12.1. The fourth-order valence-corrected chi connectivity index (χ4v) is 2.12. The minimum Gasteiger partial charge on any atom is -0.351 e. The second-order valence-electron chi connectivity index (χ2n) is 3.70. The lowest BCUT2D eigenvalue weighted by molar-refractivity contribution is 0.0948. The van der Waals surface area contributed by atoms with Gasteiger partial charge in [0.2, 0.25) is 0 Å². The summed E-state index contributed by atoms with van der Waals surface area (Å²) in [5.74, 6) is 0.499. The van der Waals surface area contributed by atoms with Gasteiger partial charge in [0, 0.05) is 6.54 Å². The van der Waals surface area contributed by atoms with Crippen molar-refractivity contribution < 1.29 is 4.79 Å². The van der Waals surface area contributed by atoms with E-state index in [-0.39, 0.29) is 18.3 Å². The Balaban J connectivity index is 0.00000128. The van der Waals surface area contributed by atoms with Gasteiger partial charge in [0.25, 0.3) is 5.91 Å². The number of hydrogen-bond donors (Lipinski definition) is 2. The molecule has 0 saturated carbocycles. The highest BCUT2D eigenvalue weighted by Crippen LogP contribution is 2.09. The van der Waals surface area contributed by atoms with E-state index in [9.17, 15) is 4.79 Å². The summed E-state index contributed by atoms with van der Waals surface area (Å²) >= 11 is 1.13. The number of hydrogen-bond acceptors (Lipinski definition) is 5. The van der Waals surface area contributed by atoms with E-state index in [1.54, 1.807) is 0 Å². The highest BCUT2D eigenvalue weighted by atomic mass is 35.5. The Morgan fingerprint density at radius 1 is 1.69 bits per heavy atom. The maximum absolute atomic E-state index is 11.5. The first-order chi connectivity index (χ1) is 7.36. The van der Waals surface area contributed by atoms with Gasteiger partial charge in [-0.05, 0) is 43.4 Å². The summed E-state index contributed by atoms with van der Waals surface area (Å²) in [6.07, 6.45) is 3.88. The smallest absolute Gasteiger partial charge is 0.264 e. The average Bonchev–Trinajstić information content (AvgIpc) is 2.81. The van der Waals surface area contributed by atoms with Gasteiger partial charge in [0.05, 0.1) is 6.20 Å². The molecule has 2 rings (SSSR count). The SMILES string of the molecule is Cl.O=C(NCC1CCCNC1)c1cnns1. The third-order valence-corrected chi connectivity index (χ3v) is 3.20. The van der Waals surface area contributed by atoms with Gasteiger partial charge in [-0.3, -0.25) is 4.79 Å². The number of nitrogens with one attached hydrogen (secondary N) is 2. The Labute approximate surface area is 105 Å². The molecule has 0 spiro atoms. The fraction of sp³-hybridized carbons (Fsp3) is 0.667. The molecule has 2 heterocycles. The lowest BCUT2D eigenvalue weighted by atomic mass is 10.00. The van der Waals surface area contributed by atoms with Crippen LogP contribution in [0, 0.1) is 5.92 Å². The summed E-state index contributed by atoms with van der Waals surface area (Å²) in [7, 11) is 0. The Morgan fingerprint density at radius 3 is 3.19 bits per heavy atom.